The van der Waals surface area contributed by atoms with Gasteiger partial charge in [-0.1, -0.05) is 6.08 Å². The Morgan fingerprint density at radius 1 is 1.31 bits per heavy atom. The first-order valence-electron chi connectivity index (χ1n) is 8.30. The van der Waals surface area contributed by atoms with Crippen molar-refractivity contribution in [1.82, 2.24) is 4.90 Å². The van der Waals surface area contributed by atoms with Gasteiger partial charge in [0, 0.05) is 37.7 Å². The van der Waals surface area contributed by atoms with Gasteiger partial charge in [0.1, 0.15) is 5.60 Å². The van der Waals surface area contributed by atoms with Gasteiger partial charge in [-0.05, 0) is 38.8 Å². The van der Waals surface area contributed by atoms with E-state index in [0.717, 1.165) is 11.1 Å². The summed E-state index contributed by atoms with van der Waals surface area (Å²) in [4.78, 5) is 35.6. The van der Waals surface area contributed by atoms with E-state index in [1.165, 1.54) is 19.1 Å². The van der Waals surface area contributed by atoms with E-state index in [0.29, 0.717) is 25.2 Å². The average molecular weight is 361 g/mol. The molecule has 0 aromatic heterocycles. The molecule has 0 saturated heterocycles. The lowest BCUT2D eigenvalue weighted by Gasteiger charge is -2.30. The zero-order valence-electron chi connectivity index (χ0n) is 15.4. The molecule has 26 heavy (non-hydrogen) atoms. The summed E-state index contributed by atoms with van der Waals surface area (Å²) >= 11 is 0. The highest BCUT2D eigenvalue weighted by Gasteiger charge is 2.25. The molecule has 1 heterocycles. The van der Waals surface area contributed by atoms with Crippen LogP contribution in [0.1, 0.15) is 39.7 Å². The second-order valence-corrected chi connectivity index (χ2v) is 7.07. The van der Waals surface area contributed by atoms with Gasteiger partial charge in [-0.15, -0.1) is 0 Å². The van der Waals surface area contributed by atoms with Gasteiger partial charge in [0.15, 0.2) is 0 Å². The molecule has 8 nitrogen and oxygen atoms in total. The van der Waals surface area contributed by atoms with E-state index in [2.05, 4.69) is 5.32 Å². The molecule has 0 fully saturated rings. The van der Waals surface area contributed by atoms with Crippen LogP contribution in [-0.4, -0.2) is 40.5 Å². The molecule has 1 aliphatic rings. The van der Waals surface area contributed by atoms with E-state index < -0.39 is 10.5 Å². The van der Waals surface area contributed by atoms with Crippen LogP contribution >= 0.6 is 0 Å². The summed E-state index contributed by atoms with van der Waals surface area (Å²) in [6.07, 6.45) is 2.06. The molecule has 0 radical (unpaired) electrons. The maximum Gasteiger partial charge on any atom is 0.410 e. The molecule has 2 amide bonds. The Morgan fingerprint density at radius 2 is 2.00 bits per heavy atom. The van der Waals surface area contributed by atoms with E-state index in [-0.39, 0.29) is 17.7 Å². The third-order valence-electron chi connectivity index (χ3n) is 3.73. The van der Waals surface area contributed by atoms with E-state index in [9.17, 15) is 19.7 Å². The van der Waals surface area contributed by atoms with Crippen molar-refractivity contribution in [2.24, 2.45) is 0 Å². The highest BCUT2D eigenvalue weighted by Crippen LogP contribution is 2.32. The summed E-state index contributed by atoms with van der Waals surface area (Å²) < 4.78 is 5.36. The van der Waals surface area contributed by atoms with Crippen molar-refractivity contribution >= 4 is 28.9 Å². The zero-order chi connectivity index (χ0) is 19.5. The van der Waals surface area contributed by atoms with Crippen molar-refractivity contribution in [3.05, 3.63) is 40.0 Å². The fourth-order valence-corrected chi connectivity index (χ4v) is 2.62. The van der Waals surface area contributed by atoms with Gasteiger partial charge in [-0.2, -0.15) is 0 Å². The maximum atomic E-state index is 12.1. The molecule has 1 aliphatic heterocycles. The number of ether oxygens (including phenoxy) is 1. The summed E-state index contributed by atoms with van der Waals surface area (Å²) in [5, 5.41) is 13.6. The van der Waals surface area contributed by atoms with E-state index in [1.807, 2.05) is 26.8 Å². The molecule has 0 unspecified atom stereocenters. The van der Waals surface area contributed by atoms with Crippen LogP contribution in [0.2, 0.25) is 0 Å². The van der Waals surface area contributed by atoms with Crippen molar-refractivity contribution in [2.75, 3.05) is 18.4 Å². The molecule has 2 rings (SSSR count). The Hall–Kier alpha value is -2.90. The summed E-state index contributed by atoms with van der Waals surface area (Å²) in [6.45, 7) is 7.63. The summed E-state index contributed by atoms with van der Waals surface area (Å²) in [5.41, 5.74) is 1.38. The molecular weight excluding hydrogens is 338 g/mol. The van der Waals surface area contributed by atoms with Gasteiger partial charge in [-0.25, -0.2) is 4.79 Å². The van der Waals surface area contributed by atoms with Crippen LogP contribution < -0.4 is 5.32 Å². The second kappa shape index (κ2) is 7.55. The molecule has 1 aromatic carbocycles. The van der Waals surface area contributed by atoms with Crippen LogP contribution in [0, 0.1) is 10.1 Å². The minimum Gasteiger partial charge on any atom is -0.444 e. The first kappa shape index (κ1) is 19.4. The van der Waals surface area contributed by atoms with Crippen molar-refractivity contribution < 1.29 is 19.2 Å². The number of nitro benzene ring substituents is 1. The van der Waals surface area contributed by atoms with Crippen LogP contribution in [0.3, 0.4) is 0 Å². The van der Waals surface area contributed by atoms with Crippen molar-refractivity contribution in [3.63, 3.8) is 0 Å². The molecule has 0 bridgehead atoms. The Labute approximate surface area is 152 Å². The molecule has 8 heteroatoms. The summed E-state index contributed by atoms with van der Waals surface area (Å²) in [5.74, 6) is -0.307. The molecule has 0 spiro atoms. The Balaban J connectivity index is 2.22. The maximum absolute atomic E-state index is 12.1. The normalized spacial score (nSPS) is 14.5. The van der Waals surface area contributed by atoms with Crippen LogP contribution in [0.25, 0.3) is 5.57 Å². The first-order chi connectivity index (χ1) is 12.1. The molecule has 0 aliphatic carbocycles. The number of non-ortho nitro benzene ring substituents is 1. The van der Waals surface area contributed by atoms with Crippen LogP contribution in [0.4, 0.5) is 16.2 Å². The fourth-order valence-electron chi connectivity index (χ4n) is 2.62. The average Bonchev–Trinajstić information content (AvgIpc) is 2.52. The van der Waals surface area contributed by atoms with Crippen molar-refractivity contribution in [3.8, 4) is 0 Å². The van der Waals surface area contributed by atoms with E-state index >= 15 is 0 Å². The van der Waals surface area contributed by atoms with Crippen LogP contribution in [0.5, 0.6) is 0 Å². The number of rotatable bonds is 3. The first-order valence-corrected chi connectivity index (χ1v) is 8.30. The lowest BCUT2D eigenvalue weighted by molar-refractivity contribution is -0.384. The van der Waals surface area contributed by atoms with Crippen LogP contribution in [-0.2, 0) is 9.53 Å². The lowest BCUT2D eigenvalue weighted by Crippen LogP contribution is -2.39. The minimum absolute atomic E-state index is 0.0932. The molecule has 0 saturated carbocycles. The van der Waals surface area contributed by atoms with Gasteiger partial charge in [0.05, 0.1) is 10.6 Å². The second-order valence-electron chi connectivity index (χ2n) is 7.07. The molecule has 0 atom stereocenters. The standard InChI is InChI=1S/C18H23N3O5/c1-12(22)19-16-11-14(21(24)25)5-6-15(16)13-7-9-20(10-8-13)17(23)26-18(2,3)4/h5-7,11H,8-10H2,1-4H3,(H,19,22). The quantitative estimate of drug-likeness (QED) is 0.655. The van der Waals surface area contributed by atoms with Gasteiger partial charge in [-0.3, -0.25) is 14.9 Å². The van der Waals surface area contributed by atoms with E-state index in [1.54, 1.807) is 11.0 Å². The highest BCUT2D eigenvalue weighted by molar-refractivity contribution is 5.93. The fraction of sp³-hybridized carbons (Fsp3) is 0.444. The topological polar surface area (TPSA) is 102 Å². The number of benzene rings is 1. The molecule has 140 valence electrons. The zero-order valence-corrected chi connectivity index (χ0v) is 15.4. The number of amides is 2. The lowest BCUT2D eigenvalue weighted by atomic mass is 9.97. The predicted molar refractivity (Wildman–Crippen MR) is 97.8 cm³/mol. The number of hydrogen-bond acceptors (Lipinski definition) is 5. The Bertz CT molecular complexity index is 765. The number of anilines is 1. The number of carbonyl (C=O) groups is 2. The summed E-state index contributed by atoms with van der Waals surface area (Å²) in [6, 6.07) is 4.37. The molecule has 1 aromatic rings. The third-order valence-corrected chi connectivity index (χ3v) is 3.73. The number of hydrogen-bond donors (Lipinski definition) is 1. The minimum atomic E-state index is -0.558. The number of nitrogens with one attached hydrogen (secondary N) is 1. The number of nitrogens with zero attached hydrogens (tertiary/aromatic N) is 2. The monoisotopic (exact) mass is 361 g/mol. The molecule has 1 N–H and O–H groups in total. The third kappa shape index (κ3) is 5.05. The van der Waals surface area contributed by atoms with Gasteiger partial charge < -0.3 is 15.0 Å². The Morgan fingerprint density at radius 3 is 2.50 bits per heavy atom. The number of nitro groups is 1. The van der Waals surface area contributed by atoms with Crippen molar-refractivity contribution in [2.45, 2.75) is 39.7 Å². The summed E-state index contributed by atoms with van der Waals surface area (Å²) in [7, 11) is 0. The number of carbonyl (C=O) groups excluding carboxylic acids is 2. The predicted octanol–water partition coefficient (Wildman–Crippen LogP) is 3.58. The van der Waals surface area contributed by atoms with E-state index in [4.69, 9.17) is 4.74 Å². The highest BCUT2D eigenvalue weighted by atomic mass is 16.6. The Kier molecular flexibility index (Phi) is 5.64. The molecular formula is C18H23N3O5. The largest absolute Gasteiger partial charge is 0.444 e. The van der Waals surface area contributed by atoms with Crippen LogP contribution in [0.15, 0.2) is 24.3 Å². The van der Waals surface area contributed by atoms with Gasteiger partial charge in [0.25, 0.3) is 5.69 Å². The SMILES string of the molecule is CC(=O)Nc1cc([N+](=O)[O-])ccc1C1=CCN(C(=O)OC(C)(C)C)CC1. The van der Waals surface area contributed by atoms with Crippen molar-refractivity contribution in [1.29, 1.82) is 0 Å². The smallest absolute Gasteiger partial charge is 0.410 e. The van der Waals surface area contributed by atoms with Gasteiger partial charge in [0.2, 0.25) is 5.91 Å². The van der Waals surface area contributed by atoms with Gasteiger partial charge >= 0.3 is 6.09 Å².